The van der Waals surface area contributed by atoms with Gasteiger partial charge in [-0.1, -0.05) is 20.8 Å². The molecule has 0 aromatic heterocycles. The molecule has 2 rings (SSSR count). The van der Waals surface area contributed by atoms with E-state index in [-0.39, 0.29) is 5.41 Å². The van der Waals surface area contributed by atoms with Crippen molar-refractivity contribution in [1.29, 1.82) is 0 Å². The van der Waals surface area contributed by atoms with Crippen molar-refractivity contribution in [2.75, 3.05) is 6.61 Å². The molecule has 16 heavy (non-hydrogen) atoms. The molecule has 1 aliphatic carbocycles. The zero-order chi connectivity index (χ0) is 11.8. The maximum atomic E-state index is 9.54. The number of ether oxygens (including phenoxy) is 1. The Labute approximate surface area is 97.3 Å². The summed E-state index contributed by atoms with van der Waals surface area (Å²) in [4.78, 5) is 0. The Balaban J connectivity index is 2.20. The van der Waals surface area contributed by atoms with Gasteiger partial charge in [-0.25, -0.2) is 0 Å². The van der Waals surface area contributed by atoms with E-state index in [9.17, 15) is 5.11 Å². The molecule has 1 aromatic rings. The fourth-order valence-corrected chi connectivity index (χ4v) is 1.72. The number of phenolic OH excluding ortho intramolecular Hbond substituents is 1. The van der Waals surface area contributed by atoms with Crippen LogP contribution in [0.4, 0.5) is 0 Å². The van der Waals surface area contributed by atoms with Gasteiger partial charge in [-0.15, -0.1) is 0 Å². The Hall–Kier alpha value is -1.18. The molecule has 88 valence electrons. The first-order valence-electron chi connectivity index (χ1n) is 5.93. The smallest absolute Gasteiger partial charge is 0.123 e. The minimum Gasteiger partial charge on any atom is -0.508 e. The van der Waals surface area contributed by atoms with Crippen LogP contribution in [-0.2, 0) is 5.41 Å². The van der Waals surface area contributed by atoms with Gasteiger partial charge in [0.15, 0.2) is 0 Å². The fourth-order valence-electron chi connectivity index (χ4n) is 1.72. The predicted octanol–water partition coefficient (Wildman–Crippen LogP) is 3.48. The van der Waals surface area contributed by atoms with Gasteiger partial charge in [0.25, 0.3) is 0 Å². The molecule has 1 N–H and O–H groups in total. The van der Waals surface area contributed by atoms with E-state index in [0.29, 0.717) is 5.75 Å². The molecule has 2 nitrogen and oxygen atoms in total. The molecule has 1 fully saturated rings. The SMILES string of the molecule is CC(C)(C)c1cc(O)ccc1OCC1CC1. The van der Waals surface area contributed by atoms with E-state index in [0.717, 1.165) is 23.8 Å². The molecule has 0 spiro atoms. The van der Waals surface area contributed by atoms with Crippen LogP contribution in [0.25, 0.3) is 0 Å². The molecule has 0 unspecified atom stereocenters. The van der Waals surface area contributed by atoms with Gasteiger partial charge in [-0.3, -0.25) is 0 Å². The van der Waals surface area contributed by atoms with Crippen molar-refractivity contribution in [3.63, 3.8) is 0 Å². The summed E-state index contributed by atoms with van der Waals surface area (Å²) in [7, 11) is 0. The van der Waals surface area contributed by atoms with Gasteiger partial charge in [-0.05, 0) is 42.4 Å². The van der Waals surface area contributed by atoms with E-state index in [2.05, 4.69) is 20.8 Å². The average Bonchev–Trinajstić information content (AvgIpc) is 2.98. The number of aromatic hydroxyl groups is 1. The molecule has 1 aromatic carbocycles. The van der Waals surface area contributed by atoms with E-state index in [4.69, 9.17) is 4.74 Å². The van der Waals surface area contributed by atoms with Crippen molar-refractivity contribution in [2.45, 2.75) is 39.0 Å². The Morgan fingerprint density at radius 1 is 1.31 bits per heavy atom. The second kappa shape index (κ2) is 4.00. The van der Waals surface area contributed by atoms with Gasteiger partial charge in [0.2, 0.25) is 0 Å². The zero-order valence-corrected chi connectivity index (χ0v) is 10.3. The topological polar surface area (TPSA) is 29.5 Å². The average molecular weight is 220 g/mol. The third-order valence-corrected chi connectivity index (χ3v) is 2.94. The number of benzene rings is 1. The van der Waals surface area contributed by atoms with Crippen LogP contribution in [0.15, 0.2) is 18.2 Å². The van der Waals surface area contributed by atoms with E-state index in [1.165, 1.54) is 12.8 Å². The van der Waals surface area contributed by atoms with E-state index < -0.39 is 0 Å². The predicted molar refractivity (Wildman–Crippen MR) is 65.0 cm³/mol. The van der Waals surface area contributed by atoms with Crippen LogP contribution in [0.2, 0.25) is 0 Å². The Bertz CT molecular complexity index is 373. The van der Waals surface area contributed by atoms with Crippen molar-refractivity contribution in [3.8, 4) is 11.5 Å². The monoisotopic (exact) mass is 220 g/mol. The second-order valence-corrected chi connectivity index (χ2v) is 5.68. The molecule has 0 aliphatic heterocycles. The minimum absolute atomic E-state index is 0.00236. The van der Waals surface area contributed by atoms with Crippen LogP contribution in [0.5, 0.6) is 11.5 Å². The second-order valence-electron chi connectivity index (χ2n) is 5.68. The lowest BCUT2D eigenvalue weighted by Gasteiger charge is -2.23. The van der Waals surface area contributed by atoms with Crippen LogP contribution in [0.3, 0.4) is 0 Å². The normalized spacial score (nSPS) is 16.2. The molecule has 1 aliphatic rings. The van der Waals surface area contributed by atoms with Gasteiger partial charge >= 0.3 is 0 Å². The van der Waals surface area contributed by atoms with Crippen molar-refractivity contribution in [3.05, 3.63) is 23.8 Å². The highest BCUT2D eigenvalue weighted by Crippen LogP contribution is 2.36. The number of hydrogen-bond donors (Lipinski definition) is 1. The number of rotatable bonds is 3. The quantitative estimate of drug-likeness (QED) is 0.845. The summed E-state index contributed by atoms with van der Waals surface area (Å²) in [5, 5.41) is 9.54. The van der Waals surface area contributed by atoms with Gasteiger partial charge in [0.05, 0.1) is 6.61 Å². The van der Waals surface area contributed by atoms with Crippen molar-refractivity contribution in [2.24, 2.45) is 5.92 Å². The summed E-state index contributed by atoms with van der Waals surface area (Å²) < 4.78 is 5.83. The molecule has 0 radical (unpaired) electrons. The van der Waals surface area contributed by atoms with Gasteiger partial charge < -0.3 is 9.84 Å². The maximum Gasteiger partial charge on any atom is 0.123 e. The molecule has 0 heterocycles. The fraction of sp³-hybridized carbons (Fsp3) is 0.571. The first kappa shape index (κ1) is 11.3. The molecule has 0 amide bonds. The molecular weight excluding hydrogens is 200 g/mol. The van der Waals surface area contributed by atoms with E-state index >= 15 is 0 Å². The van der Waals surface area contributed by atoms with Gasteiger partial charge in [0.1, 0.15) is 11.5 Å². The molecule has 2 heteroatoms. The van der Waals surface area contributed by atoms with Gasteiger partial charge in [-0.2, -0.15) is 0 Å². The summed E-state index contributed by atoms with van der Waals surface area (Å²) in [5.74, 6) is 1.97. The standard InChI is InChI=1S/C14H20O2/c1-14(2,3)12-8-11(15)6-7-13(12)16-9-10-4-5-10/h6-8,10,15H,4-5,9H2,1-3H3. The highest BCUT2D eigenvalue weighted by atomic mass is 16.5. The largest absolute Gasteiger partial charge is 0.508 e. The Morgan fingerprint density at radius 3 is 2.56 bits per heavy atom. The van der Waals surface area contributed by atoms with Crippen LogP contribution in [0.1, 0.15) is 39.2 Å². The first-order valence-corrected chi connectivity index (χ1v) is 5.93. The molecular formula is C14H20O2. The third-order valence-electron chi connectivity index (χ3n) is 2.94. The molecule has 0 bridgehead atoms. The zero-order valence-electron chi connectivity index (χ0n) is 10.3. The third kappa shape index (κ3) is 2.69. The number of hydrogen-bond acceptors (Lipinski definition) is 2. The Morgan fingerprint density at radius 2 is 2.00 bits per heavy atom. The van der Waals surface area contributed by atoms with Crippen LogP contribution >= 0.6 is 0 Å². The first-order chi connectivity index (χ1) is 7.47. The minimum atomic E-state index is -0.00236. The van der Waals surface area contributed by atoms with Crippen molar-refractivity contribution >= 4 is 0 Å². The molecule has 0 saturated heterocycles. The summed E-state index contributed by atoms with van der Waals surface area (Å²) >= 11 is 0. The summed E-state index contributed by atoms with van der Waals surface area (Å²) in [6.45, 7) is 7.21. The lowest BCUT2D eigenvalue weighted by Crippen LogP contribution is -2.14. The van der Waals surface area contributed by atoms with Crippen molar-refractivity contribution < 1.29 is 9.84 Å². The molecule has 1 saturated carbocycles. The summed E-state index contributed by atoms with van der Waals surface area (Å²) in [5.41, 5.74) is 1.07. The van der Waals surface area contributed by atoms with Crippen molar-refractivity contribution in [1.82, 2.24) is 0 Å². The highest BCUT2D eigenvalue weighted by Gasteiger charge is 2.24. The lowest BCUT2D eigenvalue weighted by molar-refractivity contribution is 0.291. The molecule has 0 atom stereocenters. The van der Waals surface area contributed by atoms with E-state index in [1.54, 1.807) is 6.07 Å². The van der Waals surface area contributed by atoms with Crippen LogP contribution in [-0.4, -0.2) is 11.7 Å². The van der Waals surface area contributed by atoms with Gasteiger partial charge in [0, 0.05) is 5.56 Å². The summed E-state index contributed by atoms with van der Waals surface area (Å²) in [6.07, 6.45) is 2.59. The van der Waals surface area contributed by atoms with Crippen LogP contribution < -0.4 is 4.74 Å². The van der Waals surface area contributed by atoms with E-state index in [1.807, 2.05) is 12.1 Å². The highest BCUT2D eigenvalue weighted by molar-refractivity contribution is 5.43. The number of phenols is 1. The maximum absolute atomic E-state index is 9.54. The van der Waals surface area contributed by atoms with Crippen LogP contribution in [0, 0.1) is 5.92 Å². The Kier molecular flexibility index (Phi) is 2.83. The lowest BCUT2D eigenvalue weighted by atomic mass is 9.86. The summed E-state index contributed by atoms with van der Waals surface area (Å²) in [6, 6.07) is 5.37.